The fourth-order valence-corrected chi connectivity index (χ4v) is 2.58. The molecule has 0 bridgehead atoms. The number of nitrogens with one attached hydrogen (secondary N) is 1. The molecule has 15 heavy (non-hydrogen) atoms. The molecule has 1 aliphatic rings. The van der Waals surface area contributed by atoms with Crippen molar-refractivity contribution in [2.45, 2.75) is 12.3 Å². The summed E-state index contributed by atoms with van der Waals surface area (Å²) in [7, 11) is 0. The van der Waals surface area contributed by atoms with Crippen molar-refractivity contribution in [2.75, 3.05) is 13.1 Å². The molecule has 0 radical (unpaired) electrons. The fourth-order valence-electron chi connectivity index (χ4n) is 2.16. The zero-order valence-corrected chi connectivity index (χ0v) is 10.0. The number of hydrogen-bond acceptors (Lipinski definition) is 2. The number of benzene rings is 1. The minimum atomic E-state index is 0.0394. The lowest BCUT2D eigenvalue weighted by Crippen LogP contribution is -2.17. The molecule has 2 unspecified atom stereocenters. The Morgan fingerprint density at radius 2 is 2.40 bits per heavy atom. The minimum Gasteiger partial charge on any atom is -0.316 e. The van der Waals surface area contributed by atoms with Crippen molar-refractivity contribution in [3.8, 4) is 0 Å². The SMILES string of the molecule is O=CC(c1cccc(Br)c1)C1CCNC1. The molecule has 1 fully saturated rings. The summed E-state index contributed by atoms with van der Waals surface area (Å²) in [5.41, 5.74) is 1.12. The van der Waals surface area contributed by atoms with E-state index in [-0.39, 0.29) is 5.92 Å². The van der Waals surface area contributed by atoms with Crippen LogP contribution in [0.1, 0.15) is 17.9 Å². The van der Waals surface area contributed by atoms with Gasteiger partial charge in [-0.1, -0.05) is 28.1 Å². The maximum atomic E-state index is 11.2. The molecule has 0 aromatic heterocycles. The molecule has 80 valence electrons. The van der Waals surface area contributed by atoms with Gasteiger partial charge in [-0.05, 0) is 43.1 Å². The molecule has 1 N–H and O–H groups in total. The predicted octanol–water partition coefficient (Wildman–Crippen LogP) is 2.34. The summed E-state index contributed by atoms with van der Waals surface area (Å²) in [4.78, 5) is 11.2. The predicted molar refractivity (Wildman–Crippen MR) is 63.9 cm³/mol. The van der Waals surface area contributed by atoms with E-state index in [9.17, 15) is 4.79 Å². The van der Waals surface area contributed by atoms with Crippen molar-refractivity contribution in [3.05, 3.63) is 34.3 Å². The smallest absolute Gasteiger partial charge is 0.127 e. The Morgan fingerprint density at radius 1 is 1.53 bits per heavy atom. The molecule has 2 nitrogen and oxygen atoms in total. The van der Waals surface area contributed by atoms with Crippen LogP contribution in [0.2, 0.25) is 0 Å². The van der Waals surface area contributed by atoms with Crippen LogP contribution in [0.4, 0.5) is 0 Å². The standard InChI is InChI=1S/C12H14BrNO/c13-11-3-1-2-9(6-11)12(8-15)10-4-5-14-7-10/h1-3,6,8,10,12,14H,4-5,7H2. The average molecular weight is 268 g/mol. The van der Waals surface area contributed by atoms with Crippen LogP contribution in [-0.2, 0) is 4.79 Å². The second kappa shape index (κ2) is 4.90. The van der Waals surface area contributed by atoms with Crippen molar-refractivity contribution in [3.63, 3.8) is 0 Å². The van der Waals surface area contributed by atoms with Gasteiger partial charge in [-0.15, -0.1) is 0 Å². The maximum Gasteiger partial charge on any atom is 0.127 e. The monoisotopic (exact) mass is 267 g/mol. The number of hydrogen-bond donors (Lipinski definition) is 1. The van der Waals surface area contributed by atoms with E-state index in [0.29, 0.717) is 5.92 Å². The molecular formula is C12H14BrNO. The summed E-state index contributed by atoms with van der Waals surface area (Å²) in [6.45, 7) is 1.99. The lowest BCUT2D eigenvalue weighted by atomic mass is 9.87. The van der Waals surface area contributed by atoms with Gasteiger partial charge in [0.05, 0.1) is 0 Å². The molecule has 3 heteroatoms. The number of aldehydes is 1. The number of carbonyl (C=O) groups is 1. The van der Waals surface area contributed by atoms with Gasteiger partial charge in [-0.3, -0.25) is 0 Å². The molecule has 2 atom stereocenters. The molecule has 1 saturated heterocycles. The molecule has 0 saturated carbocycles. The minimum absolute atomic E-state index is 0.0394. The Hall–Kier alpha value is -0.670. The number of rotatable bonds is 3. The molecule has 2 rings (SSSR count). The van der Waals surface area contributed by atoms with E-state index >= 15 is 0 Å². The van der Waals surface area contributed by atoms with Crippen molar-refractivity contribution in [1.82, 2.24) is 5.32 Å². The second-order valence-electron chi connectivity index (χ2n) is 3.97. The van der Waals surface area contributed by atoms with Gasteiger partial charge in [0.25, 0.3) is 0 Å². The summed E-state index contributed by atoms with van der Waals surface area (Å²) in [6, 6.07) is 8.04. The van der Waals surface area contributed by atoms with E-state index in [0.717, 1.165) is 35.8 Å². The summed E-state index contributed by atoms with van der Waals surface area (Å²) < 4.78 is 1.04. The Bertz CT molecular complexity index is 347. The molecule has 1 aromatic rings. The van der Waals surface area contributed by atoms with Gasteiger partial charge in [0.2, 0.25) is 0 Å². The summed E-state index contributed by atoms with van der Waals surface area (Å²) in [6.07, 6.45) is 2.18. The summed E-state index contributed by atoms with van der Waals surface area (Å²) in [5, 5.41) is 3.30. The highest BCUT2D eigenvalue weighted by atomic mass is 79.9. The van der Waals surface area contributed by atoms with Gasteiger partial charge >= 0.3 is 0 Å². The first-order valence-corrected chi connectivity index (χ1v) is 6.02. The van der Waals surface area contributed by atoms with E-state index in [1.165, 1.54) is 0 Å². The Balaban J connectivity index is 2.21. The van der Waals surface area contributed by atoms with E-state index in [1.807, 2.05) is 24.3 Å². The van der Waals surface area contributed by atoms with E-state index in [1.54, 1.807) is 0 Å². The fraction of sp³-hybridized carbons (Fsp3) is 0.417. The highest BCUT2D eigenvalue weighted by molar-refractivity contribution is 9.10. The Labute approximate surface area is 98.2 Å². The molecule has 1 aromatic carbocycles. The van der Waals surface area contributed by atoms with Crippen molar-refractivity contribution in [2.24, 2.45) is 5.92 Å². The topological polar surface area (TPSA) is 29.1 Å². The van der Waals surface area contributed by atoms with Gasteiger partial charge in [0.1, 0.15) is 6.29 Å². The third-order valence-electron chi connectivity index (χ3n) is 2.99. The first kappa shape index (κ1) is 10.8. The zero-order valence-electron chi connectivity index (χ0n) is 8.45. The van der Waals surface area contributed by atoms with Gasteiger partial charge in [0.15, 0.2) is 0 Å². The van der Waals surface area contributed by atoms with Crippen LogP contribution >= 0.6 is 15.9 Å². The van der Waals surface area contributed by atoms with E-state index in [4.69, 9.17) is 0 Å². The van der Waals surface area contributed by atoms with Gasteiger partial charge in [-0.2, -0.15) is 0 Å². The highest BCUT2D eigenvalue weighted by Crippen LogP contribution is 2.28. The van der Waals surface area contributed by atoms with Gasteiger partial charge < -0.3 is 10.1 Å². The largest absolute Gasteiger partial charge is 0.316 e. The van der Waals surface area contributed by atoms with Gasteiger partial charge in [0, 0.05) is 10.4 Å². The average Bonchev–Trinajstić information content (AvgIpc) is 2.72. The van der Waals surface area contributed by atoms with Crippen LogP contribution in [0.25, 0.3) is 0 Å². The zero-order chi connectivity index (χ0) is 10.7. The molecule has 0 aliphatic carbocycles. The van der Waals surface area contributed by atoms with Crippen molar-refractivity contribution >= 4 is 22.2 Å². The summed E-state index contributed by atoms with van der Waals surface area (Å²) in [5.74, 6) is 0.495. The van der Waals surface area contributed by atoms with Crippen LogP contribution in [0.15, 0.2) is 28.7 Å². The van der Waals surface area contributed by atoms with Crippen LogP contribution in [0.5, 0.6) is 0 Å². The van der Waals surface area contributed by atoms with Gasteiger partial charge in [-0.25, -0.2) is 0 Å². The number of carbonyl (C=O) groups excluding carboxylic acids is 1. The third kappa shape index (κ3) is 2.47. The second-order valence-corrected chi connectivity index (χ2v) is 4.89. The Morgan fingerprint density at radius 3 is 3.00 bits per heavy atom. The van der Waals surface area contributed by atoms with Crippen LogP contribution in [0.3, 0.4) is 0 Å². The molecule has 0 amide bonds. The van der Waals surface area contributed by atoms with E-state index in [2.05, 4.69) is 21.2 Å². The molecular weight excluding hydrogens is 254 g/mol. The summed E-state index contributed by atoms with van der Waals surface area (Å²) >= 11 is 3.44. The Kier molecular flexibility index (Phi) is 3.54. The lowest BCUT2D eigenvalue weighted by molar-refractivity contribution is -0.110. The quantitative estimate of drug-likeness (QED) is 0.852. The number of halogens is 1. The molecule has 1 aliphatic heterocycles. The third-order valence-corrected chi connectivity index (χ3v) is 3.48. The normalized spacial score (nSPS) is 22.6. The van der Waals surface area contributed by atoms with Crippen LogP contribution < -0.4 is 5.32 Å². The maximum absolute atomic E-state index is 11.2. The van der Waals surface area contributed by atoms with Crippen LogP contribution in [-0.4, -0.2) is 19.4 Å². The van der Waals surface area contributed by atoms with Crippen molar-refractivity contribution < 1.29 is 4.79 Å². The first-order valence-electron chi connectivity index (χ1n) is 5.22. The highest BCUT2D eigenvalue weighted by Gasteiger charge is 2.25. The molecule has 1 heterocycles. The lowest BCUT2D eigenvalue weighted by Gasteiger charge is -2.17. The first-order chi connectivity index (χ1) is 7.31. The van der Waals surface area contributed by atoms with E-state index < -0.39 is 0 Å². The van der Waals surface area contributed by atoms with Crippen LogP contribution in [0, 0.1) is 5.92 Å². The van der Waals surface area contributed by atoms with Crippen molar-refractivity contribution in [1.29, 1.82) is 0 Å². The molecule has 0 spiro atoms.